The number of esters is 1. The van der Waals surface area contributed by atoms with Crippen molar-refractivity contribution in [1.82, 2.24) is 0 Å². The maximum atomic E-state index is 10.5. The molecule has 0 rings (SSSR count). The second-order valence-electron chi connectivity index (χ2n) is 1.77. The van der Waals surface area contributed by atoms with E-state index in [4.69, 9.17) is 11.6 Å². The molecule has 0 bridgehead atoms. The highest BCUT2D eigenvalue weighted by atomic mass is 35.5. The average molecular weight is 181 g/mol. The molecular weight excluding hydrogens is 172 g/mol. The highest BCUT2D eigenvalue weighted by molar-refractivity contribution is 6.61. The van der Waals surface area contributed by atoms with Crippen LogP contribution >= 0.6 is 11.6 Å². The molecule has 0 aromatic rings. The molecule has 64 valence electrons. The Bertz CT molecular complexity index is 146. The summed E-state index contributed by atoms with van der Waals surface area (Å²) in [5, 5.41) is 0. The fourth-order valence-electron chi connectivity index (χ4n) is 0.471. The Morgan fingerprint density at radius 1 is 1.45 bits per heavy atom. The van der Waals surface area contributed by atoms with Crippen LogP contribution in [-0.4, -0.2) is 25.1 Å². The van der Waals surface area contributed by atoms with Gasteiger partial charge in [-0.15, -0.1) is 0 Å². The lowest BCUT2D eigenvalue weighted by atomic mass is 10.3. The van der Waals surface area contributed by atoms with Gasteiger partial charge in [0.15, 0.2) is 0 Å². The number of hydrogen-bond acceptors (Lipinski definition) is 4. The number of carbonyl (C=O) groups excluding carboxylic acids is 2. The first kappa shape index (κ1) is 10.2. The Morgan fingerprint density at radius 2 is 2.09 bits per heavy atom. The van der Waals surface area contributed by atoms with Crippen LogP contribution in [0.5, 0.6) is 0 Å². The molecule has 0 aromatic carbocycles. The van der Waals surface area contributed by atoms with Crippen molar-refractivity contribution in [3.8, 4) is 0 Å². The molecule has 0 amide bonds. The van der Waals surface area contributed by atoms with Gasteiger partial charge in [-0.2, -0.15) is 0 Å². The Kier molecular flexibility index (Phi) is 5.56. The van der Waals surface area contributed by atoms with Gasteiger partial charge < -0.3 is 9.47 Å². The summed E-state index contributed by atoms with van der Waals surface area (Å²) in [7, 11) is 1.30. The van der Waals surface area contributed by atoms with Crippen molar-refractivity contribution in [3.05, 3.63) is 0 Å². The summed E-state index contributed by atoms with van der Waals surface area (Å²) < 4.78 is 8.70. The molecule has 0 radical (unpaired) electrons. The molecule has 0 N–H and O–H groups in total. The van der Waals surface area contributed by atoms with Gasteiger partial charge in [-0.25, -0.2) is 4.79 Å². The molecular formula is C6H9ClO4. The lowest BCUT2D eigenvalue weighted by molar-refractivity contribution is -0.140. The summed E-state index contributed by atoms with van der Waals surface area (Å²) in [5.41, 5.74) is -0.852. The molecule has 0 heterocycles. The van der Waals surface area contributed by atoms with Crippen LogP contribution in [0.3, 0.4) is 0 Å². The maximum Gasteiger partial charge on any atom is 0.403 e. The molecule has 0 fully saturated rings. The van der Waals surface area contributed by atoms with Gasteiger partial charge in [0.25, 0.3) is 0 Å². The summed E-state index contributed by atoms with van der Waals surface area (Å²) in [5.74, 6) is -0.323. The van der Waals surface area contributed by atoms with Crippen LogP contribution in [0.1, 0.15) is 12.8 Å². The third-order valence-electron chi connectivity index (χ3n) is 0.968. The van der Waals surface area contributed by atoms with Gasteiger partial charge in [-0.05, 0) is 6.42 Å². The monoisotopic (exact) mass is 180 g/mol. The largest absolute Gasteiger partial charge is 0.469 e. The molecule has 0 aliphatic heterocycles. The summed E-state index contributed by atoms with van der Waals surface area (Å²) in [6, 6.07) is 0. The summed E-state index contributed by atoms with van der Waals surface area (Å²) in [6.07, 6.45) is 0.672. The number of ether oxygens (including phenoxy) is 2. The van der Waals surface area contributed by atoms with Crippen LogP contribution in [0, 0.1) is 0 Å². The second-order valence-corrected chi connectivity index (χ2v) is 2.07. The molecule has 4 nitrogen and oxygen atoms in total. The molecule has 11 heavy (non-hydrogen) atoms. The van der Waals surface area contributed by atoms with Gasteiger partial charge in [-0.3, -0.25) is 4.79 Å². The van der Waals surface area contributed by atoms with Crippen LogP contribution in [0.25, 0.3) is 0 Å². The van der Waals surface area contributed by atoms with E-state index in [1.807, 2.05) is 0 Å². The molecule has 0 saturated heterocycles. The molecule has 0 aliphatic carbocycles. The summed E-state index contributed by atoms with van der Waals surface area (Å²) in [4.78, 5) is 20.4. The highest BCUT2D eigenvalue weighted by Crippen LogP contribution is 1.94. The first-order valence-corrected chi connectivity index (χ1v) is 3.43. The number of methoxy groups -OCH3 is 1. The van der Waals surface area contributed by atoms with E-state index in [2.05, 4.69) is 9.47 Å². The first-order chi connectivity index (χ1) is 5.16. The maximum absolute atomic E-state index is 10.5. The molecule has 5 heteroatoms. The van der Waals surface area contributed by atoms with E-state index < -0.39 is 5.43 Å². The third-order valence-corrected chi connectivity index (χ3v) is 1.08. The van der Waals surface area contributed by atoms with Gasteiger partial charge in [0.1, 0.15) is 0 Å². The average Bonchev–Trinajstić information content (AvgIpc) is 1.97. The number of halogens is 1. The van der Waals surface area contributed by atoms with Crippen LogP contribution in [-0.2, 0) is 14.3 Å². The fraction of sp³-hybridized carbons (Fsp3) is 0.667. The zero-order valence-corrected chi connectivity index (χ0v) is 6.89. The van der Waals surface area contributed by atoms with E-state index in [1.54, 1.807) is 0 Å². The van der Waals surface area contributed by atoms with Crippen molar-refractivity contribution in [3.63, 3.8) is 0 Å². The number of hydrogen-bond donors (Lipinski definition) is 0. The molecule has 0 spiro atoms. The third kappa shape index (κ3) is 7.12. The molecule has 0 saturated carbocycles. The highest BCUT2D eigenvalue weighted by Gasteiger charge is 2.00. The van der Waals surface area contributed by atoms with Crippen molar-refractivity contribution >= 4 is 23.0 Å². The Hall–Kier alpha value is -0.770. The van der Waals surface area contributed by atoms with Crippen molar-refractivity contribution in [2.75, 3.05) is 13.7 Å². The number of rotatable bonds is 4. The molecule has 0 aliphatic rings. The zero-order chi connectivity index (χ0) is 8.69. The van der Waals surface area contributed by atoms with Crippen molar-refractivity contribution in [2.45, 2.75) is 12.8 Å². The van der Waals surface area contributed by atoms with Gasteiger partial charge in [-0.1, -0.05) is 0 Å². The summed E-state index contributed by atoms with van der Waals surface area (Å²) in [6.45, 7) is 0.150. The molecule has 0 atom stereocenters. The van der Waals surface area contributed by atoms with Gasteiger partial charge in [0.2, 0.25) is 0 Å². The number of carbonyl (C=O) groups is 2. The minimum Gasteiger partial charge on any atom is -0.469 e. The van der Waals surface area contributed by atoms with E-state index in [0.717, 1.165) is 0 Å². The van der Waals surface area contributed by atoms with E-state index in [0.29, 0.717) is 6.42 Å². The van der Waals surface area contributed by atoms with E-state index in [1.165, 1.54) is 7.11 Å². The predicted molar refractivity (Wildman–Crippen MR) is 38.5 cm³/mol. The summed E-state index contributed by atoms with van der Waals surface area (Å²) >= 11 is 4.85. The lowest BCUT2D eigenvalue weighted by Gasteiger charge is -1.98. The van der Waals surface area contributed by atoms with Crippen LogP contribution < -0.4 is 0 Å². The quantitative estimate of drug-likeness (QED) is 0.372. The fourth-order valence-corrected chi connectivity index (χ4v) is 0.548. The van der Waals surface area contributed by atoms with E-state index >= 15 is 0 Å². The van der Waals surface area contributed by atoms with Gasteiger partial charge in [0, 0.05) is 18.0 Å². The SMILES string of the molecule is COC(=O)CCCOC(=O)Cl. The Labute approximate surface area is 69.4 Å². The van der Waals surface area contributed by atoms with Gasteiger partial charge >= 0.3 is 11.4 Å². The smallest absolute Gasteiger partial charge is 0.403 e. The molecule has 0 aromatic heterocycles. The van der Waals surface area contributed by atoms with E-state index in [-0.39, 0.29) is 19.0 Å². The minimum atomic E-state index is -0.852. The van der Waals surface area contributed by atoms with Crippen molar-refractivity contribution in [1.29, 1.82) is 0 Å². The van der Waals surface area contributed by atoms with Crippen LogP contribution in [0.15, 0.2) is 0 Å². The normalized spacial score (nSPS) is 8.91. The van der Waals surface area contributed by atoms with Crippen LogP contribution in [0.2, 0.25) is 0 Å². The van der Waals surface area contributed by atoms with E-state index in [9.17, 15) is 9.59 Å². The topological polar surface area (TPSA) is 52.6 Å². The zero-order valence-electron chi connectivity index (χ0n) is 6.13. The minimum absolute atomic E-state index is 0.150. The van der Waals surface area contributed by atoms with Crippen molar-refractivity contribution in [2.24, 2.45) is 0 Å². The first-order valence-electron chi connectivity index (χ1n) is 3.06. The van der Waals surface area contributed by atoms with Crippen LogP contribution in [0.4, 0.5) is 4.79 Å². The Morgan fingerprint density at radius 3 is 2.55 bits per heavy atom. The lowest BCUT2D eigenvalue weighted by Crippen LogP contribution is -2.03. The molecule has 0 unspecified atom stereocenters. The predicted octanol–water partition coefficient (Wildman–Crippen LogP) is 1.31. The Balaban J connectivity index is 3.14. The van der Waals surface area contributed by atoms with Gasteiger partial charge in [0.05, 0.1) is 13.7 Å². The standard InChI is InChI=1S/C6H9ClO4/c1-10-5(8)3-2-4-11-6(7)9/h2-4H2,1H3. The second kappa shape index (κ2) is 5.97. The van der Waals surface area contributed by atoms with Crippen molar-refractivity contribution < 1.29 is 19.1 Å².